The van der Waals surface area contributed by atoms with Crippen LogP contribution in [0.1, 0.15) is 55.5 Å². The quantitative estimate of drug-likeness (QED) is 0.214. The second-order valence-corrected chi connectivity index (χ2v) is 10.1. The predicted octanol–water partition coefficient (Wildman–Crippen LogP) is 7.38. The van der Waals surface area contributed by atoms with E-state index in [0.29, 0.717) is 12.1 Å². The monoisotopic (exact) mass is 569 g/mol. The maximum atomic E-state index is 13.2. The van der Waals surface area contributed by atoms with Gasteiger partial charge in [-0.2, -0.15) is 26.3 Å². The highest BCUT2D eigenvalue weighted by Crippen LogP contribution is 2.38. The molecule has 4 nitrogen and oxygen atoms in total. The van der Waals surface area contributed by atoms with Gasteiger partial charge < -0.3 is 10.5 Å². The van der Waals surface area contributed by atoms with E-state index in [1.54, 1.807) is 26.7 Å². The van der Waals surface area contributed by atoms with Crippen molar-refractivity contribution >= 4 is 35.1 Å². The maximum absolute atomic E-state index is 13.2. The average molecular weight is 570 g/mol. The van der Waals surface area contributed by atoms with Crippen molar-refractivity contribution in [2.24, 2.45) is 11.7 Å². The van der Waals surface area contributed by atoms with Crippen LogP contribution in [0.15, 0.2) is 42.0 Å². The molecule has 0 spiro atoms. The highest BCUT2D eigenvalue weighted by Gasteiger charge is 2.38. The van der Waals surface area contributed by atoms with Crippen molar-refractivity contribution in [3.8, 4) is 0 Å². The van der Waals surface area contributed by atoms with Gasteiger partial charge in [-0.1, -0.05) is 29.3 Å². The number of ether oxygens (including phenoxy) is 1. The molecule has 2 aromatic carbocycles. The summed E-state index contributed by atoms with van der Waals surface area (Å²) in [5, 5.41) is 0.306. The van der Waals surface area contributed by atoms with Gasteiger partial charge in [0.25, 0.3) is 0 Å². The topological polar surface area (TPSA) is 69.4 Å². The standard InChI is InChI=1S/C25H23Cl2F6NO3/c1-23(2,3)37-22(36)20(21(34)14-6-7-18(26)19(27)10-14)15(12-35)5-4-13-8-16(24(28,29)30)11-17(9-13)25(31,32)33/h6-11,20-21H,4-5,34H2,1-3H3. The number of nitrogens with two attached hydrogens (primary N) is 1. The molecule has 0 radical (unpaired) electrons. The number of halogens is 8. The molecule has 2 unspecified atom stereocenters. The van der Waals surface area contributed by atoms with Crippen LogP contribution in [0.3, 0.4) is 0 Å². The second-order valence-electron chi connectivity index (χ2n) is 9.25. The summed E-state index contributed by atoms with van der Waals surface area (Å²) in [5.41, 5.74) is 1.95. The smallest absolute Gasteiger partial charge is 0.416 e. The molecule has 2 aromatic rings. The Kier molecular flexibility index (Phi) is 9.52. The Bertz CT molecular complexity index is 1170. The lowest BCUT2D eigenvalue weighted by molar-refractivity contribution is -0.159. The molecule has 2 N–H and O–H groups in total. The molecule has 2 rings (SSSR count). The van der Waals surface area contributed by atoms with E-state index in [1.165, 1.54) is 18.2 Å². The molecule has 202 valence electrons. The number of esters is 1. The van der Waals surface area contributed by atoms with Crippen LogP contribution in [0, 0.1) is 5.92 Å². The van der Waals surface area contributed by atoms with Crippen molar-refractivity contribution in [3.63, 3.8) is 0 Å². The summed E-state index contributed by atoms with van der Waals surface area (Å²) >= 11 is 12.0. The minimum absolute atomic E-state index is 0.00364. The van der Waals surface area contributed by atoms with E-state index in [2.05, 4.69) is 0 Å². The number of hydrogen-bond acceptors (Lipinski definition) is 4. The first-order valence-electron chi connectivity index (χ1n) is 10.8. The zero-order valence-corrected chi connectivity index (χ0v) is 21.4. The van der Waals surface area contributed by atoms with Crippen molar-refractivity contribution < 1.29 is 40.7 Å². The Labute approximate surface area is 219 Å². The fraction of sp³-hybridized carbons (Fsp3) is 0.400. The molecule has 0 bridgehead atoms. The molecular formula is C25H23Cl2F6NO3. The molecule has 0 aliphatic rings. The first-order chi connectivity index (χ1) is 16.8. The molecular weight excluding hydrogens is 547 g/mol. The van der Waals surface area contributed by atoms with Gasteiger partial charge in [-0.3, -0.25) is 4.79 Å². The van der Waals surface area contributed by atoms with Gasteiger partial charge in [0.1, 0.15) is 17.5 Å². The summed E-state index contributed by atoms with van der Waals surface area (Å²) in [4.78, 5) is 25.0. The van der Waals surface area contributed by atoms with E-state index in [0.717, 1.165) is 0 Å². The van der Waals surface area contributed by atoms with E-state index in [9.17, 15) is 35.9 Å². The number of aryl methyl sites for hydroxylation is 1. The molecule has 0 amide bonds. The Morgan fingerprint density at radius 2 is 1.49 bits per heavy atom. The lowest BCUT2D eigenvalue weighted by Gasteiger charge is -2.28. The number of hydrogen-bond donors (Lipinski definition) is 1. The summed E-state index contributed by atoms with van der Waals surface area (Å²) in [5.74, 6) is -0.795. The Morgan fingerprint density at radius 3 is 1.92 bits per heavy atom. The largest absolute Gasteiger partial charge is 0.459 e. The van der Waals surface area contributed by atoms with Crippen LogP contribution >= 0.6 is 23.2 Å². The van der Waals surface area contributed by atoms with Crippen molar-refractivity contribution in [2.45, 2.75) is 57.6 Å². The molecule has 0 aromatic heterocycles. The lowest BCUT2D eigenvalue weighted by Crippen LogP contribution is -2.36. The number of benzene rings is 2. The van der Waals surface area contributed by atoms with Crippen molar-refractivity contribution in [3.05, 3.63) is 74.3 Å². The highest BCUT2D eigenvalue weighted by molar-refractivity contribution is 6.42. The van der Waals surface area contributed by atoms with Gasteiger partial charge in [-0.25, -0.2) is 4.79 Å². The first-order valence-corrected chi connectivity index (χ1v) is 11.5. The molecule has 37 heavy (non-hydrogen) atoms. The van der Waals surface area contributed by atoms with Crippen LogP contribution in [0.4, 0.5) is 26.3 Å². The first kappa shape index (κ1) is 30.7. The van der Waals surface area contributed by atoms with Gasteiger partial charge in [0.15, 0.2) is 0 Å². The van der Waals surface area contributed by atoms with Gasteiger partial charge in [0.2, 0.25) is 0 Å². The summed E-state index contributed by atoms with van der Waals surface area (Å²) in [6, 6.07) is 4.14. The normalized spacial score (nSPS) is 14.1. The molecule has 2 atom stereocenters. The van der Waals surface area contributed by atoms with E-state index < -0.39 is 59.9 Å². The molecule has 0 fully saturated rings. The Hall–Kier alpha value is -2.52. The molecule has 0 saturated carbocycles. The van der Waals surface area contributed by atoms with Crippen molar-refractivity contribution in [1.29, 1.82) is 0 Å². The maximum Gasteiger partial charge on any atom is 0.416 e. The summed E-state index contributed by atoms with van der Waals surface area (Å²) in [6.07, 6.45) is -10.9. The van der Waals surface area contributed by atoms with Crippen LogP contribution in [-0.2, 0) is 33.1 Å². The van der Waals surface area contributed by atoms with E-state index in [1.807, 2.05) is 0 Å². The summed E-state index contributed by atoms with van der Waals surface area (Å²) in [6.45, 7) is 4.70. The molecule has 0 saturated heterocycles. The number of carbonyl (C=O) groups is 1. The SMILES string of the molecule is CC(C)(C)OC(=O)C(C(=C=O)CCc1cc(C(F)(F)F)cc(C(F)(F)F)c1)C(N)c1ccc(Cl)c(Cl)c1. The fourth-order valence-corrected chi connectivity index (χ4v) is 3.80. The summed E-state index contributed by atoms with van der Waals surface area (Å²) < 4.78 is 84.7. The van der Waals surface area contributed by atoms with Gasteiger partial charge in [0, 0.05) is 11.6 Å². The van der Waals surface area contributed by atoms with Gasteiger partial charge in [-0.15, -0.1) is 0 Å². The number of rotatable bonds is 7. The fourth-order valence-electron chi connectivity index (χ4n) is 3.50. The van der Waals surface area contributed by atoms with Crippen molar-refractivity contribution in [1.82, 2.24) is 0 Å². The van der Waals surface area contributed by atoms with Crippen LogP contribution in [-0.4, -0.2) is 17.5 Å². The molecule has 12 heteroatoms. The highest BCUT2D eigenvalue weighted by atomic mass is 35.5. The van der Waals surface area contributed by atoms with Crippen LogP contribution in [0.2, 0.25) is 10.0 Å². The van der Waals surface area contributed by atoms with Gasteiger partial charge in [-0.05, 0) is 75.1 Å². The van der Waals surface area contributed by atoms with Crippen LogP contribution in [0.25, 0.3) is 0 Å². The lowest BCUT2D eigenvalue weighted by atomic mass is 9.85. The minimum atomic E-state index is -5.03. The molecule has 0 aliphatic heterocycles. The third kappa shape index (κ3) is 8.50. The van der Waals surface area contributed by atoms with Gasteiger partial charge >= 0.3 is 18.3 Å². The number of carbonyl (C=O) groups excluding carboxylic acids is 2. The van der Waals surface area contributed by atoms with Crippen molar-refractivity contribution in [2.75, 3.05) is 0 Å². The van der Waals surface area contributed by atoms with E-state index in [4.69, 9.17) is 33.7 Å². The van der Waals surface area contributed by atoms with Crippen LogP contribution in [0.5, 0.6) is 0 Å². The van der Waals surface area contributed by atoms with E-state index in [-0.39, 0.29) is 32.8 Å². The summed E-state index contributed by atoms with van der Waals surface area (Å²) in [7, 11) is 0. The third-order valence-corrected chi connectivity index (χ3v) is 5.92. The zero-order chi connectivity index (χ0) is 28.3. The number of alkyl halides is 6. The third-order valence-electron chi connectivity index (χ3n) is 5.19. The minimum Gasteiger partial charge on any atom is -0.459 e. The second kappa shape index (κ2) is 11.5. The molecule has 0 aliphatic carbocycles. The average Bonchev–Trinajstić information content (AvgIpc) is 2.75. The molecule has 0 heterocycles. The Balaban J connectivity index is 2.47. The zero-order valence-electron chi connectivity index (χ0n) is 19.9. The van der Waals surface area contributed by atoms with Crippen LogP contribution < -0.4 is 5.73 Å². The van der Waals surface area contributed by atoms with E-state index >= 15 is 0 Å². The predicted molar refractivity (Wildman–Crippen MR) is 127 cm³/mol. The van der Waals surface area contributed by atoms with Gasteiger partial charge in [0.05, 0.1) is 21.2 Å². The Morgan fingerprint density at radius 1 is 0.946 bits per heavy atom.